The molecule has 1 amide bonds. The summed E-state index contributed by atoms with van der Waals surface area (Å²) in [5, 5.41) is 0. The third-order valence-electron chi connectivity index (χ3n) is 4.01. The molecule has 1 fully saturated rings. The smallest absolute Gasteiger partial charge is 0.265 e. The van der Waals surface area contributed by atoms with Crippen LogP contribution in [-0.2, 0) is 6.54 Å². The van der Waals surface area contributed by atoms with Crippen molar-refractivity contribution in [3.63, 3.8) is 0 Å². The van der Waals surface area contributed by atoms with Crippen molar-refractivity contribution in [2.24, 2.45) is 5.84 Å². The molecule has 0 unspecified atom stereocenters. The maximum atomic E-state index is 11.8. The Morgan fingerprint density at radius 1 is 1.37 bits per heavy atom. The molecule has 104 valence electrons. The molecule has 1 saturated carbocycles. The second kappa shape index (κ2) is 6.68. The molecule has 0 saturated heterocycles. The Morgan fingerprint density at radius 2 is 2.05 bits per heavy atom. The summed E-state index contributed by atoms with van der Waals surface area (Å²) in [4.78, 5) is 14.2. The topological polar surface area (TPSA) is 58.4 Å². The van der Waals surface area contributed by atoms with E-state index in [4.69, 9.17) is 5.84 Å². The number of nitrogens with one attached hydrogen (secondary N) is 1. The summed E-state index contributed by atoms with van der Waals surface area (Å²) in [6.45, 7) is 4.03. The van der Waals surface area contributed by atoms with Gasteiger partial charge in [0, 0.05) is 18.2 Å². The standard InChI is InChI=1S/C15H23N3O/c1-2-18(13-8-4-5-9-13)11-12-7-3-6-10-14(12)15(19)17-16/h3,6-7,10,13H,2,4-5,8-9,11,16H2,1H3,(H,17,19). The molecule has 0 aliphatic heterocycles. The molecule has 1 aliphatic carbocycles. The van der Waals surface area contributed by atoms with Gasteiger partial charge in [0.2, 0.25) is 0 Å². The van der Waals surface area contributed by atoms with Crippen molar-refractivity contribution >= 4 is 5.91 Å². The number of carbonyl (C=O) groups excluding carboxylic acids is 1. The van der Waals surface area contributed by atoms with E-state index in [1.165, 1.54) is 25.7 Å². The summed E-state index contributed by atoms with van der Waals surface area (Å²) < 4.78 is 0. The third kappa shape index (κ3) is 3.33. The molecule has 3 N–H and O–H groups in total. The molecular weight excluding hydrogens is 238 g/mol. The number of nitrogen functional groups attached to an aromatic ring is 1. The quantitative estimate of drug-likeness (QED) is 0.484. The molecule has 0 heterocycles. The van der Waals surface area contributed by atoms with Crippen LogP contribution in [0.5, 0.6) is 0 Å². The number of nitrogens with zero attached hydrogens (tertiary/aromatic N) is 1. The first-order valence-electron chi connectivity index (χ1n) is 7.09. The van der Waals surface area contributed by atoms with Crippen LogP contribution in [0.2, 0.25) is 0 Å². The first kappa shape index (κ1) is 14.0. The second-order valence-electron chi connectivity index (χ2n) is 5.13. The zero-order valence-corrected chi connectivity index (χ0v) is 11.6. The Labute approximate surface area is 114 Å². The second-order valence-corrected chi connectivity index (χ2v) is 5.13. The molecule has 19 heavy (non-hydrogen) atoms. The van der Waals surface area contributed by atoms with Crippen LogP contribution >= 0.6 is 0 Å². The van der Waals surface area contributed by atoms with Crippen LogP contribution in [0.1, 0.15) is 48.5 Å². The van der Waals surface area contributed by atoms with Crippen LogP contribution in [0, 0.1) is 0 Å². The molecule has 0 atom stereocenters. The predicted molar refractivity (Wildman–Crippen MR) is 76.4 cm³/mol. The fraction of sp³-hybridized carbons (Fsp3) is 0.533. The van der Waals surface area contributed by atoms with E-state index in [-0.39, 0.29) is 5.91 Å². The molecule has 0 aromatic heterocycles. The van der Waals surface area contributed by atoms with Gasteiger partial charge in [-0.1, -0.05) is 38.0 Å². The highest BCUT2D eigenvalue weighted by molar-refractivity contribution is 5.95. The fourth-order valence-corrected chi connectivity index (χ4v) is 2.94. The van der Waals surface area contributed by atoms with Gasteiger partial charge < -0.3 is 0 Å². The molecule has 1 aromatic rings. The number of benzene rings is 1. The van der Waals surface area contributed by atoms with Gasteiger partial charge in [0.05, 0.1) is 0 Å². The SMILES string of the molecule is CCN(Cc1ccccc1C(=O)NN)C1CCCC1. The summed E-state index contributed by atoms with van der Waals surface area (Å²) in [6.07, 6.45) is 5.20. The van der Waals surface area contributed by atoms with Gasteiger partial charge in [-0.25, -0.2) is 5.84 Å². The Morgan fingerprint density at radius 3 is 2.68 bits per heavy atom. The van der Waals surface area contributed by atoms with Crippen molar-refractivity contribution in [2.45, 2.75) is 45.2 Å². The van der Waals surface area contributed by atoms with Crippen LogP contribution in [-0.4, -0.2) is 23.4 Å². The Hall–Kier alpha value is -1.39. The lowest BCUT2D eigenvalue weighted by Gasteiger charge is -2.28. The summed E-state index contributed by atoms with van der Waals surface area (Å²) in [5.74, 6) is 5.04. The van der Waals surface area contributed by atoms with Crippen LogP contribution in [0.15, 0.2) is 24.3 Å². The minimum atomic E-state index is -0.210. The molecule has 2 rings (SSSR count). The maximum Gasteiger partial charge on any atom is 0.265 e. The number of carbonyl (C=O) groups is 1. The lowest BCUT2D eigenvalue weighted by molar-refractivity contribution is 0.0950. The van der Waals surface area contributed by atoms with Crippen LogP contribution < -0.4 is 11.3 Å². The van der Waals surface area contributed by atoms with Crippen molar-refractivity contribution in [3.8, 4) is 0 Å². The van der Waals surface area contributed by atoms with Crippen LogP contribution in [0.3, 0.4) is 0 Å². The Balaban J connectivity index is 2.14. The minimum absolute atomic E-state index is 0.210. The molecule has 4 nitrogen and oxygen atoms in total. The van der Waals surface area contributed by atoms with E-state index in [2.05, 4.69) is 17.2 Å². The lowest BCUT2D eigenvalue weighted by atomic mass is 10.1. The number of amides is 1. The van der Waals surface area contributed by atoms with Gasteiger partial charge in [-0.15, -0.1) is 0 Å². The Bertz CT molecular complexity index is 427. The van der Waals surface area contributed by atoms with E-state index in [0.717, 1.165) is 18.7 Å². The lowest BCUT2D eigenvalue weighted by Crippen LogP contribution is -2.35. The molecule has 4 heteroatoms. The number of rotatable bonds is 5. The van der Waals surface area contributed by atoms with E-state index in [0.29, 0.717) is 11.6 Å². The zero-order chi connectivity index (χ0) is 13.7. The summed E-state index contributed by atoms with van der Waals surface area (Å²) in [5.41, 5.74) is 3.96. The van der Waals surface area contributed by atoms with Crippen molar-refractivity contribution in [1.82, 2.24) is 10.3 Å². The van der Waals surface area contributed by atoms with Gasteiger partial charge in [-0.2, -0.15) is 0 Å². The van der Waals surface area contributed by atoms with Gasteiger partial charge in [0.25, 0.3) is 5.91 Å². The highest BCUT2D eigenvalue weighted by Crippen LogP contribution is 2.25. The summed E-state index contributed by atoms with van der Waals surface area (Å²) in [7, 11) is 0. The van der Waals surface area contributed by atoms with Gasteiger partial charge in [0.1, 0.15) is 0 Å². The number of hydrogen-bond acceptors (Lipinski definition) is 3. The fourth-order valence-electron chi connectivity index (χ4n) is 2.94. The van der Waals surface area contributed by atoms with E-state index in [9.17, 15) is 4.79 Å². The van der Waals surface area contributed by atoms with Crippen molar-refractivity contribution in [2.75, 3.05) is 6.54 Å². The first-order valence-corrected chi connectivity index (χ1v) is 7.09. The highest BCUT2D eigenvalue weighted by Gasteiger charge is 2.22. The first-order chi connectivity index (χ1) is 9.26. The van der Waals surface area contributed by atoms with Gasteiger partial charge in [0.15, 0.2) is 0 Å². The van der Waals surface area contributed by atoms with Crippen LogP contribution in [0.4, 0.5) is 0 Å². The average molecular weight is 261 g/mol. The number of nitrogens with two attached hydrogens (primary N) is 1. The monoisotopic (exact) mass is 261 g/mol. The van der Waals surface area contributed by atoms with Gasteiger partial charge >= 0.3 is 0 Å². The Kier molecular flexibility index (Phi) is 4.93. The highest BCUT2D eigenvalue weighted by atomic mass is 16.2. The van der Waals surface area contributed by atoms with E-state index >= 15 is 0 Å². The maximum absolute atomic E-state index is 11.8. The number of hydrogen-bond donors (Lipinski definition) is 2. The largest absolute Gasteiger partial charge is 0.296 e. The average Bonchev–Trinajstić information content (AvgIpc) is 2.98. The normalized spacial score (nSPS) is 15.9. The van der Waals surface area contributed by atoms with Crippen LogP contribution in [0.25, 0.3) is 0 Å². The summed E-state index contributed by atoms with van der Waals surface area (Å²) in [6, 6.07) is 8.37. The molecule has 1 aliphatic rings. The molecule has 0 bridgehead atoms. The van der Waals surface area contributed by atoms with E-state index in [1.807, 2.05) is 24.3 Å². The third-order valence-corrected chi connectivity index (χ3v) is 4.01. The van der Waals surface area contributed by atoms with Crippen molar-refractivity contribution in [3.05, 3.63) is 35.4 Å². The molecule has 1 aromatic carbocycles. The van der Waals surface area contributed by atoms with E-state index < -0.39 is 0 Å². The molecule has 0 spiro atoms. The van der Waals surface area contributed by atoms with E-state index in [1.54, 1.807) is 0 Å². The van der Waals surface area contributed by atoms with Gasteiger partial charge in [-0.05, 0) is 31.0 Å². The molecular formula is C15H23N3O. The van der Waals surface area contributed by atoms with Gasteiger partial charge in [-0.3, -0.25) is 15.1 Å². The minimum Gasteiger partial charge on any atom is -0.296 e. The summed E-state index contributed by atoms with van der Waals surface area (Å²) >= 11 is 0. The molecule has 0 radical (unpaired) electrons. The van der Waals surface area contributed by atoms with Crippen molar-refractivity contribution in [1.29, 1.82) is 0 Å². The van der Waals surface area contributed by atoms with Crippen molar-refractivity contribution < 1.29 is 4.79 Å². The predicted octanol–water partition coefficient (Wildman–Crippen LogP) is 2.05. The number of hydrazine groups is 1. The zero-order valence-electron chi connectivity index (χ0n) is 11.6.